The third-order valence-corrected chi connectivity index (χ3v) is 2.45. The zero-order valence-corrected chi connectivity index (χ0v) is 8.38. The van der Waals surface area contributed by atoms with Gasteiger partial charge in [-0.15, -0.1) is 0 Å². The van der Waals surface area contributed by atoms with Crippen molar-refractivity contribution >= 4 is 27.4 Å². The van der Waals surface area contributed by atoms with Crippen LogP contribution in [0.25, 0.3) is 0 Å². The summed E-state index contributed by atoms with van der Waals surface area (Å²) in [5.74, 6) is -0.732. The van der Waals surface area contributed by atoms with Gasteiger partial charge in [-0.1, -0.05) is 11.6 Å². The second kappa shape index (κ2) is 4.21. The number of aromatic nitrogens is 2. The largest absolute Gasteiger partial charge is 0.264 e. The maximum Gasteiger partial charge on any atom is 0.247 e. The molecule has 0 saturated carbocycles. The highest BCUT2D eigenvalue weighted by molar-refractivity contribution is 7.92. The molecule has 6 nitrogen and oxygen atoms in total. The molecule has 0 aliphatic carbocycles. The van der Waals surface area contributed by atoms with Gasteiger partial charge in [0.15, 0.2) is 16.7 Å². The number of sulfonamides is 1. The maximum atomic E-state index is 11.1. The molecule has 0 unspecified atom stereocenters. The van der Waals surface area contributed by atoms with Gasteiger partial charge in [-0.2, -0.15) is 5.26 Å². The summed E-state index contributed by atoms with van der Waals surface area (Å²) in [6, 6.07) is 1.51. The first kappa shape index (κ1) is 10.7. The van der Waals surface area contributed by atoms with Crippen molar-refractivity contribution in [3.63, 3.8) is 0 Å². The molecule has 0 atom stereocenters. The molecule has 0 aliphatic heterocycles. The molecule has 8 heteroatoms. The second-order valence-electron chi connectivity index (χ2n) is 2.22. The lowest BCUT2D eigenvalue weighted by Crippen LogP contribution is -2.16. The topological polar surface area (TPSA) is 95.7 Å². The van der Waals surface area contributed by atoms with Crippen LogP contribution in [-0.2, 0) is 10.0 Å². The van der Waals surface area contributed by atoms with Gasteiger partial charge in [-0.3, -0.25) is 4.72 Å². The van der Waals surface area contributed by atoms with Crippen LogP contribution in [0.3, 0.4) is 0 Å². The first-order valence-corrected chi connectivity index (χ1v) is 5.42. The number of hydrogen-bond donors (Lipinski definition) is 1. The van der Waals surface area contributed by atoms with Gasteiger partial charge in [0.2, 0.25) is 10.0 Å². The summed E-state index contributed by atoms with van der Waals surface area (Å²) in [5, 5.41) is 8.15. The third kappa shape index (κ3) is 2.83. The maximum absolute atomic E-state index is 11.1. The zero-order chi connectivity index (χ0) is 10.6. The Balaban J connectivity index is 2.91. The lowest BCUT2D eigenvalue weighted by molar-refractivity contribution is 0.604. The van der Waals surface area contributed by atoms with E-state index < -0.39 is 15.8 Å². The van der Waals surface area contributed by atoms with E-state index in [0.717, 1.165) is 0 Å². The summed E-state index contributed by atoms with van der Waals surface area (Å²) in [6.45, 7) is 0. The summed E-state index contributed by atoms with van der Waals surface area (Å²) in [7, 11) is -3.71. The monoisotopic (exact) mass is 232 g/mol. The van der Waals surface area contributed by atoms with Gasteiger partial charge in [-0.05, 0) is 0 Å². The fraction of sp³-hybridized carbons (Fsp3) is 0.167. The molecule has 0 spiro atoms. The number of anilines is 1. The predicted molar refractivity (Wildman–Crippen MR) is 50.1 cm³/mol. The van der Waals surface area contributed by atoms with Gasteiger partial charge in [0, 0.05) is 12.4 Å². The predicted octanol–water partition coefficient (Wildman–Crippen LogP) is 0.395. The molecule has 1 N–H and O–H groups in total. The van der Waals surface area contributed by atoms with Crippen molar-refractivity contribution in [3.05, 3.63) is 17.5 Å². The third-order valence-electron chi connectivity index (χ3n) is 1.16. The van der Waals surface area contributed by atoms with Crippen molar-refractivity contribution in [2.24, 2.45) is 0 Å². The van der Waals surface area contributed by atoms with Gasteiger partial charge < -0.3 is 0 Å². The number of nitriles is 1. The molecular formula is C6H5ClN4O2S. The molecule has 0 bridgehead atoms. The number of nitrogens with zero attached hydrogens (tertiary/aromatic N) is 3. The first-order chi connectivity index (χ1) is 6.55. The lowest BCUT2D eigenvalue weighted by Gasteiger charge is -2.03. The van der Waals surface area contributed by atoms with Gasteiger partial charge >= 0.3 is 0 Å². The molecule has 0 amide bonds. The molecule has 14 heavy (non-hydrogen) atoms. The van der Waals surface area contributed by atoms with E-state index in [4.69, 9.17) is 16.9 Å². The van der Waals surface area contributed by atoms with Crippen molar-refractivity contribution in [1.82, 2.24) is 9.97 Å². The second-order valence-corrected chi connectivity index (χ2v) is 4.30. The molecular weight excluding hydrogens is 228 g/mol. The Bertz CT molecular complexity index is 467. The average Bonchev–Trinajstić information content (AvgIpc) is 2.08. The number of nitrogens with one attached hydrogen (secondary N) is 1. The number of hydrogen-bond acceptors (Lipinski definition) is 5. The Morgan fingerprint density at radius 1 is 1.50 bits per heavy atom. The lowest BCUT2D eigenvalue weighted by atomic mass is 10.7. The summed E-state index contributed by atoms with van der Waals surface area (Å²) in [6.07, 6.45) is 2.61. The van der Waals surface area contributed by atoms with Crippen LogP contribution < -0.4 is 4.72 Å². The molecule has 74 valence electrons. The number of rotatable bonds is 3. The summed E-state index contributed by atoms with van der Waals surface area (Å²) in [4.78, 5) is 7.27. The highest BCUT2D eigenvalue weighted by Crippen LogP contribution is 2.15. The van der Waals surface area contributed by atoms with E-state index in [1.165, 1.54) is 18.5 Å². The summed E-state index contributed by atoms with van der Waals surface area (Å²) < 4.78 is 24.2. The van der Waals surface area contributed by atoms with E-state index in [9.17, 15) is 8.42 Å². The highest BCUT2D eigenvalue weighted by Gasteiger charge is 2.12. The van der Waals surface area contributed by atoms with Gasteiger partial charge in [-0.25, -0.2) is 18.4 Å². The zero-order valence-electron chi connectivity index (χ0n) is 6.81. The molecule has 0 saturated heterocycles. The van der Waals surface area contributed by atoms with E-state index in [0.29, 0.717) is 0 Å². The van der Waals surface area contributed by atoms with Crippen LogP contribution in [0.15, 0.2) is 12.4 Å². The Hall–Kier alpha value is -1.39. The van der Waals surface area contributed by atoms with Gasteiger partial charge in [0.1, 0.15) is 0 Å². The molecule has 0 aliphatic rings. The van der Waals surface area contributed by atoms with E-state index >= 15 is 0 Å². The quantitative estimate of drug-likeness (QED) is 0.814. The molecule has 0 fully saturated rings. The van der Waals surface area contributed by atoms with Crippen molar-refractivity contribution in [2.45, 2.75) is 0 Å². The van der Waals surface area contributed by atoms with E-state index in [1.54, 1.807) is 0 Å². The highest BCUT2D eigenvalue weighted by atomic mass is 35.5. The van der Waals surface area contributed by atoms with Crippen LogP contribution in [0.4, 0.5) is 5.82 Å². The Morgan fingerprint density at radius 3 is 2.71 bits per heavy atom. The van der Waals surface area contributed by atoms with E-state index in [1.807, 2.05) is 4.72 Å². The molecule has 0 aromatic carbocycles. The van der Waals surface area contributed by atoms with E-state index in [-0.39, 0.29) is 11.0 Å². The Kier molecular flexibility index (Phi) is 3.22. The fourth-order valence-corrected chi connectivity index (χ4v) is 1.55. The molecule has 1 rings (SSSR count). The van der Waals surface area contributed by atoms with Crippen LogP contribution in [-0.4, -0.2) is 24.1 Å². The first-order valence-electron chi connectivity index (χ1n) is 3.39. The summed E-state index contributed by atoms with van der Waals surface area (Å²) >= 11 is 5.55. The van der Waals surface area contributed by atoms with Crippen LogP contribution >= 0.6 is 11.6 Å². The average molecular weight is 233 g/mol. The minimum absolute atomic E-state index is 0.0611. The van der Waals surface area contributed by atoms with Crippen LogP contribution in [0.5, 0.6) is 0 Å². The molecule has 1 aromatic rings. The van der Waals surface area contributed by atoms with Crippen LogP contribution in [0, 0.1) is 11.3 Å². The van der Waals surface area contributed by atoms with Crippen LogP contribution in [0.1, 0.15) is 0 Å². The van der Waals surface area contributed by atoms with E-state index in [2.05, 4.69) is 9.97 Å². The van der Waals surface area contributed by atoms with Crippen LogP contribution in [0.2, 0.25) is 5.15 Å². The number of halogens is 1. The SMILES string of the molecule is N#CCS(=O)(=O)Nc1nccnc1Cl. The van der Waals surface area contributed by atoms with Crippen molar-refractivity contribution < 1.29 is 8.42 Å². The van der Waals surface area contributed by atoms with Crippen molar-refractivity contribution in [3.8, 4) is 6.07 Å². The van der Waals surface area contributed by atoms with Crippen molar-refractivity contribution in [1.29, 1.82) is 5.26 Å². The van der Waals surface area contributed by atoms with Gasteiger partial charge in [0.25, 0.3) is 0 Å². The molecule has 0 radical (unpaired) electrons. The summed E-state index contributed by atoms with van der Waals surface area (Å²) in [5.41, 5.74) is 0. The molecule has 1 aromatic heterocycles. The smallest absolute Gasteiger partial charge is 0.247 e. The minimum atomic E-state index is -3.71. The van der Waals surface area contributed by atoms with Crippen molar-refractivity contribution in [2.75, 3.05) is 10.5 Å². The standard InChI is InChI=1S/C6H5ClN4O2S/c7-5-6(10-3-2-9-5)11-14(12,13)4-1-8/h2-3H,4H2,(H,10,11). The minimum Gasteiger partial charge on any atom is -0.264 e. The molecule has 1 heterocycles. The normalized spacial score (nSPS) is 10.6. The fourth-order valence-electron chi connectivity index (χ4n) is 0.658. The Labute approximate surface area is 85.6 Å². The Morgan fingerprint density at radius 2 is 2.14 bits per heavy atom. The van der Waals surface area contributed by atoms with Gasteiger partial charge in [0.05, 0.1) is 6.07 Å².